The molecule has 11 heteroatoms. The van der Waals surface area contributed by atoms with Gasteiger partial charge in [-0.1, -0.05) is 25.2 Å². The van der Waals surface area contributed by atoms with Gasteiger partial charge in [-0.25, -0.2) is 13.6 Å². The highest BCUT2D eigenvalue weighted by atomic mass is 32.2. The van der Waals surface area contributed by atoms with E-state index in [0.29, 0.717) is 11.4 Å². The Balaban J connectivity index is 2.57. The van der Waals surface area contributed by atoms with Crippen LogP contribution in [-0.2, 0) is 16.6 Å². The van der Waals surface area contributed by atoms with Crippen molar-refractivity contribution >= 4 is 26.4 Å². The van der Waals surface area contributed by atoms with Crippen LogP contribution in [0.2, 0.25) is 0 Å². The van der Waals surface area contributed by atoms with Gasteiger partial charge >= 0.3 is 5.00 Å². The van der Waals surface area contributed by atoms with Crippen molar-refractivity contribution in [2.75, 3.05) is 0 Å². The lowest BCUT2D eigenvalue weighted by Gasteiger charge is -2.10. The maximum atomic E-state index is 11.5. The molecule has 0 aromatic carbocycles. The average Bonchev–Trinajstić information content (AvgIpc) is 2.92. The van der Waals surface area contributed by atoms with E-state index < -0.39 is 14.9 Å². The molecular formula is C10H13N5O4S2. The molecule has 2 N–H and O–H groups in total. The molecule has 0 aliphatic heterocycles. The van der Waals surface area contributed by atoms with Crippen molar-refractivity contribution in [2.24, 2.45) is 11.1 Å². The van der Waals surface area contributed by atoms with Crippen LogP contribution in [0.4, 0.5) is 5.00 Å². The largest absolute Gasteiger partial charge is 0.324 e. The summed E-state index contributed by atoms with van der Waals surface area (Å²) in [7, 11) is -4.02. The van der Waals surface area contributed by atoms with E-state index in [1.165, 1.54) is 16.7 Å². The van der Waals surface area contributed by atoms with Gasteiger partial charge in [0, 0.05) is 12.6 Å². The van der Waals surface area contributed by atoms with E-state index in [2.05, 4.69) is 10.2 Å². The molecule has 114 valence electrons. The van der Waals surface area contributed by atoms with Crippen molar-refractivity contribution < 1.29 is 13.3 Å². The van der Waals surface area contributed by atoms with E-state index in [1.54, 1.807) is 0 Å². The number of thiophene rings is 1. The molecule has 2 rings (SSSR count). The van der Waals surface area contributed by atoms with Crippen molar-refractivity contribution in [1.82, 2.24) is 14.8 Å². The molecule has 0 unspecified atom stereocenters. The SMILES string of the molecule is CC(C)Cn1c(-c2ccc([N+](=O)[O-])s2)nnc1S(N)(=O)=O. The zero-order chi connectivity index (χ0) is 15.8. The van der Waals surface area contributed by atoms with Crippen molar-refractivity contribution in [2.45, 2.75) is 25.5 Å². The third kappa shape index (κ3) is 3.25. The van der Waals surface area contributed by atoms with Gasteiger partial charge in [0.1, 0.15) is 0 Å². The number of sulfonamides is 1. The van der Waals surface area contributed by atoms with Crippen molar-refractivity contribution in [3.63, 3.8) is 0 Å². The molecule has 0 atom stereocenters. The van der Waals surface area contributed by atoms with Crippen LogP contribution < -0.4 is 5.14 Å². The summed E-state index contributed by atoms with van der Waals surface area (Å²) >= 11 is 0.901. The zero-order valence-corrected chi connectivity index (χ0v) is 12.9. The lowest BCUT2D eigenvalue weighted by molar-refractivity contribution is -0.380. The Morgan fingerprint density at radius 2 is 2.10 bits per heavy atom. The van der Waals surface area contributed by atoms with Crippen LogP contribution in [0.15, 0.2) is 17.3 Å². The standard InChI is InChI=1S/C10H13N5O4S2/c1-6(2)5-14-9(12-13-10(14)21(11,18)19)7-3-4-8(20-7)15(16)17/h3-4,6H,5H2,1-2H3,(H2,11,18,19). The molecular weight excluding hydrogens is 318 g/mol. The molecule has 0 aliphatic carbocycles. The Bertz CT molecular complexity index is 777. The molecule has 0 radical (unpaired) electrons. The summed E-state index contributed by atoms with van der Waals surface area (Å²) in [5.41, 5.74) is 0. The predicted octanol–water partition coefficient (Wildman–Crippen LogP) is 1.22. The highest BCUT2D eigenvalue weighted by Crippen LogP contribution is 2.32. The Labute approximate surface area is 124 Å². The summed E-state index contributed by atoms with van der Waals surface area (Å²) in [4.78, 5) is 10.7. The van der Waals surface area contributed by atoms with Crippen LogP contribution in [0.3, 0.4) is 0 Å². The summed E-state index contributed by atoms with van der Waals surface area (Å²) in [6.07, 6.45) is 0. The van der Waals surface area contributed by atoms with Gasteiger partial charge in [0.2, 0.25) is 0 Å². The minimum atomic E-state index is -4.02. The Hall–Kier alpha value is -1.85. The molecule has 2 aromatic heterocycles. The minimum absolute atomic E-state index is 0.0544. The summed E-state index contributed by atoms with van der Waals surface area (Å²) in [6.45, 7) is 4.13. The van der Waals surface area contributed by atoms with Gasteiger partial charge in [-0.05, 0) is 12.0 Å². The van der Waals surface area contributed by atoms with Gasteiger partial charge < -0.3 is 0 Å². The summed E-state index contributed by atoms with van der Waals surface area (Å²) in [6, 6.07) is 2.85. The second-order valence-electron chi connectivity index (χ2n) is 4.75. The fourth-order valence-electron chi connectivity index (χ4n) is 1.76. The molecule has 9 nitrogen and oxygen atoms in total. The lowest BCUT2D eigenvalue weighted by atomic mass is 10.2. The first kappa shape index (κ1) is 15.5. The highest BCUT2D eigenvalue weighted by Gasteiger charge is 2.24. The topological polar surface area (TPSA) is 134 Å². The van der Waals surface area contributed by atoms with Crippen LogP contribution in [0.5, 0.6) is 0 Å². The molecule has 0 bridgehead atoms. The van der Waals surface area contributed by atoms with Gasteiger partial charge in [-0.3, -0.25) is 14.7 Å². The summed E-state index contributed by atoms with van der Waals surface area (Å²) in [5, 5.41) is 22.9. The number of nitrogens with zero attached hydrogens (tertiary/aromatic N) is 4. The molecule has 0 saturated heterocycles. The van der Waals surface area contributed by atoms with E-state index in [1.807, 2.05) is 13.8 Å². The molecule has 2 aromatic rings. The Morgan fingerprint density at radius 3 is 2.57 bits per heavy atom. The second kappa shape index (κ2) is 5.50. The normalized spacial score (nSPS) is 12.0. The predicted molar refractivity (Wildman–Crippen MR) is 76.2 cm³/mol. The number of hydrogen-bond acceptors (Lipinski definition) is 7. The van der Waals surface area contributed by atoms with E-state index in [4.69, 9.17) is 5.14 Å². The molecule has 0 aliphatic rings. The first-order chi connectivity index (χ1) is 9.70. The third-order valence-electron chi connectivity index (χ3n) is 2.51. The number of primary sulfonamides is 1. The summed E-state index contributed by atoms with van der Waals surface area (Å²) < 4.78 is 24.5. The van der Waals surface area contributed by atoms with Crippen molar-refractivity contribution in [3.05, 3.63) is 22.2 Å². The van der Waals surface area contributed by atoms with Gasteiger partial charge in [0.05, 0.1) is 9.80 Å². The molecule has 0 amide bonds. The van der Waals surface area contributed by atoms with Gasteiger partial charge in [0.15, 0.2) is 5.82 Å². The van der Waals surface area contributed by atoms with Crippen LogP contribution in [0.25, 0.3) is 10.7 Å². The monoisotopic (exact) mass is 331 g/mol. The second-order valence-corrected chi connectivity index (χ2v) is 7.27. The highest BCUT2D eigenvalue weighted by molar-refractivity contribution is 7.89. The van der Waals surface area contributed by atoms with Crippen LogP contribution in [0.1, 0.15) is 13.8 Å². The first-order valence-electron chi connectivity index (χ1n) is 5.90. The molecule has 21 heavy (non-hydrogen) atoms. The fourth-order valence-corrected chi connectivity index (χ4v) is 3.19. The molecule has 2 heterocycles. The Morgan fingerprint density at radius 1 is 1.43 bits per heavy atom. The summed E-state index contributed by atoms with van der Waals surface area (Å²) in [5.74, 6) is 0.376. The number of nitro groups is 1. The maximum absolute atomic E-state index is 11.5. The first-order valence-corrected chi connectivity index (χ1v) is 8.27. The van der Waals surface area contributed by atoms with E-state index in [-0.39, 0.29) is 21.9 Å². The smallest absolute Gasteiger partial charge is 0.296 e. The van der Waals surface area contributed by atoms with Crippen LogP contribution in [0, 0.1) is 16.0 Å². The fraction of sp³-hybridized carbons (Fsp3) is 0.400. The molecule has 0 fully saturated rings. The third-order valence-corrected chi connectivity index (χ3v) is 4.36. The van der Waals surface area contributed by atoms with Gasteiger partial charge in [0.25, 0.3) is 15.2 Å². The van der Waals surface area contributed by atoms with E-state index in [0.717, 1.165) is 11.3 Å². The quantitative estimate of drug-likeness (QED) is 0.646. The number of rotatable bonds is 5. The van der Waals surface area contributed by atoms with Gasteiger partial charge in [-0.2, -0.15) is 0 Å². The van der Waals surface area contributed by atoms with Crippen molar-refractivity contribution in [3.8, 4) is 10.7 Å². The van der Waals surface area contributed by atoms with E-state index in [9.17, 15) is 18.5 Å². The maximum Gasteiger partial charge on any atom is 0.324 e. The van der Waals surface area contributed by atoms with Gasteiger partial charge in [-0.15, -0.1) is 10.2 Å². The Kier molecular flexibility index (Phi) is 4.07. The minimum Gasteiger partial charge on any atom is -0.296 e. The van der Waals surface area contributed by atoms with Crippen molar-refractivity contribution in [1.29, 1.82) is 0 Å². The average molecular weight is 331 g/mol. The number of aromatic nitrogens is 3. The molecule has 0 saturated carbocycles. The zero-order valence-electron chi connectivity index (χ0n) is 11.3. The van der Waals surface area contributed by atoms with E-state index >= 15 is 0 Å². The van der Waals surface area contributed by atoms with Crippen LogP contribution >= 0.6 is 11.3 Å². The number of nitrogens with two attached hydrogens (primary N) is 1. The lowest BCUT2D eigenvalue weighted by Crippen LogP contribution is -2.20. The molecule has 0 spiro atoms. The van der Waals surface area contributed by atoms with Crippen LogP contribution in [-0.4, -0.2) is 28.1 Å². The number of hydrogen-bond donors (Lipinski definition) is 1.